The first-order valence-electron chi connectivity index (χ1n) is 12.6. The van der Waals surface area contributed by atoms with Gasteiger partial charge in [0.15, 0.2) is 0 Å². The fourth-order valence-corrected chi connectivity index (χ4v) is 6.24. The molecular weight excluding hydrogens is 488 g/mol. The number of amides is 2. The van der Waals surface area contributed by atoms with Crippen LogP contribution in [0.1, 0.15) is 44.4 Å². The molecule has 2 aliphatic rings. The number of fused-ring (bicyclic) bond motifs is 1. The number of non-ortho nitro benzene ring substituents is 1. The Bertz CT molecular complexity index is 1300. The van der Waals surface area contributed by atoms with Gasteiger partial charge in [0.2, 0.25) is 5.91 Å². The lowest BCUT2D eigenvalue weighted by atomic mass is 9.90. The Morgan fingerprint density at radius 1 is 0.946 bits per heavy atom. The molecule has 3 aromatic rings. The zero-order valence-corrected chi connectivity index (χ0v) is 21.7. The minimum Gasteiger partial charge on any atom is -0.339 e. The molecule has 5 rings (SSSR count). The molecule has 0 saturated carbocycles. The van der Waals surface area contributed by atoms with Crippen LogP contribution in [-0.2, 0) is 11.2 Å². The average Bonchev–Trinajstić information content (AvgIpc) is 3.41. The van der Waals surface area contributed by atoms with E-state index in [1.807, 2.05) is 16.2 Å². The zero-order chi connectivity index (χ0) is 25.9. The van der Waals surface area contributed by atoms with Gasteiger partial charge in [0.25, 0.3) is 11.6 Å². The highest BCUT2D eigenvalue weighted by Gasteiger charge is 2.31. The van der Waals surface area contributed by atoms with Crippen LogP contribution in [0.4, 0.5) is 5.69 Å². The third kappa shape index (κ3) is 5.28. The van der Waals surface area contributed by atoms with Gasteiger partial charge in [-0.15, -0.1) is 11.3 Å². The molecule has 1 saturated heterocycles. The van der Waals surface area contributed by atoms with Crippen LogP contribution in [0, 0.1) is 17.0 Å². The predicted molar refractivity (Wildman–Crippen MR) is 143 cm³/mol. The van der Waals surface area contributed by atoms with Crippen molar-refractivity contribution in [3.05, 3.63) is 97.2 Å². The quantitative estimate of drug-likeness (QED) is 0.359. The van der Waals surface area contributed by atoms with Gasteiger partial charge < -0.3 is 9.80 Å². The van der Waals surface area contributed by atoms with Crippen LogP contribution in [0.25, 0.3) is 0 Å². The molecule has 1 fully saturated rings. The fourth-order valence-electron chi connectivity index (χ4n) is 5.33. The fraction of sp³-hybridized carbons (Fsp3) is 0.357. The molecule has 37 heavy (non-hydrogen) atoms. The van der Waals surface area contributed by atoms with E-state index in [4.69, 9.17) is 0 Å². The van der Waals surface area contributed by atoms with E-state index < -0.39 is 4.92 Å². The summed E-state index contributed by atoms with van der Waals surface area (Å²) in [5.41, 5.74) is 4.30. The van der Waals surface area contributed by atoms with Gasteiger partial charge in [0, 0.05) is 68.3 Å². The van der Waals surface area contributed by atoms with Crippen molar-refractivity contribution in [1.82, 2.24) is 14.7 Å². The summed E-state index contributed by atoms with van der Waals surface area (Å²) in [5.74, 6) is -0.0509. The maximum absolute atomic E-state index is 13.1. The highest BCUT2D eigenvalue weighted by atomic mass is 32.1. The van der Waals surface area contributed by atoms with Crippen molar-refractivity contribution in [2.45, 2.75) is 25.8 Å². The number of hydrogen-bond acceptors (Lipinski definition) is 6. The summed E-state index contributed by atoms with van der Waals surface area (Å²) in [5, 5.41) is 13.0. The van der Waals surface area contributed by atoms with E-state index in [0.29, 0.717) is 44.7 Å². The summed E-state index contributed by atoms with van der Waals surface area (Å²) in [6.07, 6.45) is 1.45. The summed E-state index contributed by atoms with van der Waals surface area (Å²) >= 11 is 1.82. The van der Waals surface area contributed by atoms with E-state index in [2.05, 4.69) is 47.5 Å². The molecule has 2 aliphatic heterocycles. The average molecular weight is 519 g/mol. The van der Waals surface area contributed by atoms with Crippen molar-refractivity contribution in [3.8, 4) is 0 Å². The van der Waals surface area contributed by atoms with E-state index in [0.717, 1.165) is 13.0 Å². The number of carbonyl (C=O) groups is 2. The van der Waals surface area contributed by atoms with E-state index >= 15 is 0 Å². The lowest BCUT2D eigenvalue weighted by Gasteiger charge is -2.38. The largest absolute Gasteiger partial charge is 0.339 e. The monoisotopic (exact) mass is 518 g/mol. The first-order valence-corrected chi connectivity index (χ1v) is 13.5. The Morgan fingerprint density at radius 3 is 2.35 bits per heavy atom. The van der Waals surface area contributed by atoms with Crippen molar-refractivity contribution >= 4 is 28.8 Å². The minimum absolute atomic E-state index is 0.0412. The highest BCUT2D eigenvalue weighted by molar-refractivity contribution is 7.10. The maximum atomic E-state index is 13.1. The molecule has 2 aromatic carbocycles. The Hall–Kier alpha value is -3.56. The third-order valence-electron chi connectivity index (χ3n) is 7.41. The van der Waals surface area contributed by atoms with Crippen molar-refractivity contribution in [2.24, 2.45) is 0 Å². The number of thiophene rings is 1. The number of rotatable bonds is 6. The molecule has 8 nitrogen and oxygen atoms in total. The smallest absolute Gasteiger partial charge is 0.269 e. The Morgan fingerprint density at radius 2 is 1.65 bits per heavy atom. The van der Waals surface area contributed by atoms with Crippen LogP contribution in [0.3, 0.4) is 0 Å². The highest BCUT2D eigenvalue weighted by Crippen LogP contribution is 2.38. The number of nitro benzene ring substituents is 1. The Kier molecular flexibility index (Phi) is 7.34. The number of piperazine rings is 1. The second kappa shape index (κ2) is 10.8. The number of hydrogen-bond donors (Lipinski definition) is 0. The summed E-state index contributed by atoms with van der Waals surface area (Å²) in [6, 6.07) is 16.6. The predicted octanol–water partition coefficient (Wildman–Crippen LogP) is 4.29. The minimum atomic E-state index is -0.481. The molecular formula is C28H30N4O4S. The summed E-state index contributed by atoms with van der Waals surface area (Å²) in [6.45, 7) is 5.66. The Balaban J connectivity index is 1.18. The van der Waals surface area contributed by atoms with Crippen LogP contribution < -0.4 is 0 Å². The first-order chi connectivity index (χ1) is 17.9. The van der Waals surface area contributed by atoms with Crippen molar-refractivity contribution in [3.63, 3.8) is 0 Å². The van der Waals surface area contributed by atoms with Gasteiger partial charge >= 0.3 is 0 Å². The standard InChI is InChI=1S/C28H30N4O4S/c1-20-4-2-3-5-23(20)27-24-12-19-37-25(24)10-13-30(27)14-11-26(33)29-15-17-31(18-16-29)28(34)21-6-8-22(9-7-21)32(35)36/h2-9,12,19,27H,10-11,13-18H2,1H3/t27-/m1/s1. The normalized spacial score (nSPS) is 17.9. The molecule has 9 heteroatoms. The van der Waals surface area contributed by atoms with Crippen LogP contribution in [0.5, 0.6) is 0 Å². The maximum Gasteiger partial charge on any atom is 0.269 e. The lowest BCUT2D eigenvalue weighted by Crippen LogP contribution is -2.51. The molecule has 0 aliphatic carbocycles. The second-order valence-corrected chi connectivity index (χ2v) is 10.6. The molecule has 1 atom stereocenters. The SMILES string of the molecule is Cc1ccccc1[C@@H]1c2ccsc2CCN1CCC(=O)N1CCN(C(=O)c2ccc([N+](=O)[O-])cc2)CC1. The summed E-state index contributed by atoms with van der Waals surface area (Å²) in [4.78, 5) is 43.7. The number of benzene rings is 2. The molecule has 2 amide bonds. The summed E-state index contributed by atoms with van der Waals surface area (Å²) < 4.78 is 0. The van der Waals surface area contributed by atoms with Gasteiger partial charge in [-0.25, -0.2) is 0 Å². The zero-order valence-electron chi connectivity index (χ0n) is 20.8. The number of carbonyl (C=O) groups excluding carboxylic acids is 2. The van der Waals surface area contributed by atoms with E-state index in [1.165, 1.54) is 45.8 Å². The molecule has 0 unspecified atom stereocenters. The molecule has 1 aromatic heterocycles. The number of aryl methyl sites for hydroxylation is 1. The van der Waals surface area contributed by atoms with Gasteiger partial charge in [-0.05, 0) is 53.6 Å². The first kappa shape index (κ1) is 25.1. The van der Waals surface area contributed by atoms with E-state index in [1.54, 1.807) is 4.90 Å². The molecule has 0 N–H and O–H groups in total. The molecule has 0 radical (unpaired) electrons. The lowest BCUT2D eigenvalue weighted by molar-refractivity contribution is -0.384. The summed E-state index contributed by atoms with van der Waals surface area (Å²) in [7, 11) is 0. The van der Waals surface area contributed by atoms with Gasteiger partial charge in [-0.3, -0.25) is 24.6 Å². The number of nitrogens with zero attached hydrogens (tertiary/aromatic N) is 4. The van der Waals surface area contributed by atoms with Gasteiger partial charge in [0.05, 0.1) is 11.0 Å². The van der Waals surface area contributed by atoms with Crippen LogP contribution >= 0.6 is 11.3 Å². The van der Waals surface area contributed by atoms with Gasteiger partial charge in [-0.1, -0.05) is 24.3 Å². The topological polar surface area (TPSA) is 87.0 Å². The second-order valence-electron chi connectivity index (χ2n) is 9.57. The van der Waals surface area contributed by atoms with Crippen LogP contribution in [-0.4, -0.2) is 70.7 Å². The van der Waals surface area contributed by atoms with Gasteiger partial charge in [-0.2, -0.15) is 0 Å². The number of nitro groups is 1. The van der Waals surface area contributed by atoms with Gasteiger partial charge in [0.1, 0.15) is 0 Å². The molecule has 0 bridgehead atoms. The van der Waals surface area contributed by atoms with E-state index in [-0.39, 0.29) is 23.5 Å². The third-order valence-corrected chi connectivity index (χ3v) is 8.40. The van der Waals surface area contributed by atoms with Crippen molar-refractivity contribution in [1.29, 1.82) is 0 Å². The van der Waals surface area contributed by atoms with Crippen molar-refractivity contribution in [2.75, 3.05) is 39.3 Å². The Labute approximate surface area is 220 Å². The molecule has 3 heterocycles. The van der Waals surface area contributed by atoms with Crippen LogP contribution in [0.15, 0.2) is 60.0 Å². The van der Waals surface area contributed by atoms with Crippen LogP contribution in [0.2, 0.25) is 0 Å². The van der Waals surface area contributed by atoms with E-state index in [9.17, 15) is 19.7 Å². The molecule has 0 spiro atoms. The van der Waals surface area contributed by atoms with Crippen molar-refractivity contribution < 1.29 is 14.5 Å². The molecule has 192 valence electrons.